The Morgan fingerprint density at radius 2 is 1.94 bits per heavy atom. The third-order valence-corrected chi connectivity index (χ3v) is 9.46. The summed E-state index contributed by atoms with van der Waals surface area (Å²) < 4.78 is 11.2. The van der Waals surface area contributed by atoms with E-state index < -0.39 is 47.4 Å². The number of aliphatic carboxylic acids is 1. The number of benzene rings is 1. The van der Waals surface area contributed by atoms with E-state index in [1.54, 1.807) is 12.1 Å². The highest BCUT2D eigenvalue weighted by atomic mass is 16.6. The van der Waals surface area contributed by atoms with Crippen LogP contribution in [-0.4, -0.2) is 120 Å². The number of carbonyl (C=O) groups is 4. The summed E-state index contributed by atoms with van der Waals surface area (Å²) in [5.41, 5.74) is 4.32. The van der Waals surface area contributed by atoms with Crippen LogP contribution in [0.2, 0.25) is 0 Å². The van der Waals surface area contributed by atoms with Crippen molar-refractivity contribution in [1.82, 2.24) is 25.8 Å². The number of aliphatic hydroxyl groups is 1. The number of phenols is 1. The van der Waals surface area contributed by atoms with Crippen LogP contribution in [0.25, 0.3) is 0 Å². The number of hydrogen-bond donors (Lipinski definition) is 8. The number of carbonyl (C=O) groups excluding carboxylic acids is 3. The van der Waals surface area contributed by atoms with Gasteiger partial charge < -0.3 is 56.3 Å². The molecule has 0 unspecified atom stereocenters. The maximum atomic E-state index is 13.2. The summed E-state index contributed by atoms with van der Waals surface area (Å²) >= 11 is 0. The van der Waals surface area contributed by atoms with E-state index in [4.69, 9.17) is 25.7 Å². The number of ether oxygens (including phenoxy) is 2. The number of amides is 3. The van der Waals surface area contributed by atoms with E-state index >= 15 is 0 Å². The van der Waals surface area contributed by atoms with Crippen molar-refractivity contribution in [3.05, 3.63) is 35.1 Å². The minimum absolute atomic E-state index is 0.00485. The van der Waals surface area contributed by atoms with Gasteiger partial charge in [-0.05, 0) is 64.4 Å². The summed E-state index contributed by atoms with van der Waals surface area (Å²) in [5, 5.41) is 47.4. The summed E-state index contributed by atoms with van der Waals surface area (Å²) in [6.45, 7) is 4.76. The lowest BCUT2D eigenvalue weighted by Crippen LogP contribution is -2.68. The number of piperidine rings is 1. The molecule has 4 atom stereocenters. The molecule has 266 valence electrons. The van der Waals surface area contributed by atoms with Gasteiger partial charge in [0, 0.05) is 56.5 Å². The minimum Gasteiger partial charge on any atom is -0.504 e. The van der Waals surface area contributed by atoms with E-state index in [1.807, 2.05) is 27.0 Å². The Morgan fingerprint density at radius 3 is 2.58 bits per heavy atom. The molecule has 0 radical (unpaired) electrons. The number of methoxy groups -OCH3 is 1. The van der Waals surface area contributed by atoms with Gasteiger partial charge >= 0.3 is 12.1 Å². The number of likely N-dealkylation sites (tertiary alicyclic amines) is 1. The van der Waals surface area contributed by atoms with Crippen molar-refractivity contribution in [3.63, 3.8) is 0 Å². The van der Waals surface area contributed by atoms with E-state index in [2.05, 4.69) is 20.9 Å². The largest absolute Gasteiger partial charge is 0.504 e. The molecule has 1 aromatic carbocycles. The van der Waals surface area contributed by atoms with Gasteiger partial charge in [-0.3, -0.25) is 19.8 Å². The molecular weight excluding hydrogens is 626 g/mol. The molecule has 16 heteroatoms. The molecule has 1 saturated heterocycles. The van der Waals surface area contributed by atoms with Crippen molar-refractivity contribution in [2.24, 2.45) is 5.73 Å². The lowest BCUT2D eigenvalue weighted by Gasteiger charge is -2.59. The number of aryl methyl sites for hydroxylation is 1. The number of aromatic hydroxyl groups is 1. The molecular formula is C32H49N7O9. The smallest absolute Gasteiger partial charge is 0.414 e. The van der Waals surface area contributed by atoms with E-state index in [-0.39, 0.29) is 62.4 Å². The van der Waals surface area contributed by atoms with Gasteiger partial charge in [-0.15, -0.1) is 0 Å². The molecule has 0 spiro atoms. The molecule has 3 rings (SSSR count). The van der Waals surface area contributed by atoms with Crippen molar-refractivity contribution in [1.29, 1.82) is 5.41 Å². The molecule has 1 aliphatic heterocycles. The van der Waals surface area contributed by atoms with Gasteiger partial charge in [-0.2, -0.15) is 0 Å². The first-order chi connectivity index (χ1) is 22.6. The third kappa shape index (κ3) is 8.47. The molecule has 1 aliphatic carbocycles. The Kier molecular flexibility index (Phi) is 12.6. The Morgan fingerprint density at radius 1 is 1.23 bits per heavy atom. The normalized spacial score (nSPS) is 22.7. The molecule has 0 bridgehead atoms. The average Bonchev–Trinajstić information content (AvgIpc) is 3.01. The van der Waals surface area contributed by atoms with Crippen molar-refractivity contribution in [3.8, 4) is 11.5 Å². The van der Waals surface area contributed by atoms with Crippen LogP contribution in [0.5, 0.6) is 11.5 Å². The van der Waals surface area contributed by atoms with Crippen molar-refractivity contribution in [2.75, 3.05) is 47.4 Å². The Balaban J connectivity index is 1.69. The van der Waals surface area contributed by atoms with Gasteiger partial charge in [0.05, 0.1) is 12.7 Å². The molecule has 2 aliphatic rings. The minimum atomic E-state index is -1.34. The van der Waals surface area contributed by atoms with Crippen LogP contribution in [0.3, 0.4) is 0 Å². The number of allylic oxidation sites excluding steroid dienone is 1. The van der Waals surface area contributed by atoms with Crippen LogP contribution >= 0.6 is 0 Å². The highest BCUT2D eigenvalue weighted by molar-refractivity contribution is 5.96. The molecule has 16 nitrogen and oxygen atoms in total. The summed E-state index contributed by atoms with van der Waals surface area (Å²) in [6.07, 6.45) is 1.52. The fourth-order valence-corrected chi connectivity index (χ4v) is 6.67. The predicted molar refractivity (Wildman–Crippen MR) is 176 cm³/mol. The van der Waals surface area contributed by atoms with Gasteiger partial charge in [-0.25, -0.2) is 4.79 Å². The Hall–Kier alpha value is -4.57. The number of carboxylic acids is 1. The number of hydrogen-bond acceptors (Lipinski definition) is 10. The first kappa shape index (κ1) is 37.9. The number of carboxylic acid groups (broad SMARTS) is 1. The van der Waals surface area contributed by atoms with Crippen molar-refractivity contribution < 1.29 is 44.0 Å². The van der Waals surface area contributed by atoms with E-state index in [0.717, 1.165) is 5.56 Å². The molecule has 48 heavy (non-hydrogen) atoms. The number of likely N-dealkylation sites (N-methyl/N-ethyl adjacent to an activating group) is 2. The average molecular weight is 676 g/mol. The zero-order chi connectivity index (χ0) is 35.8. The fourth-order valence-electron chi connectivity index (χ4n) is 6.67. The summed E-state index contributed by atoms with van der Waals surface area (Å²) in [7, 11) is 4.90. The first-order valence-electron chi connectivity index (χ1n) is 15.8. The van der Waals surface area contributed by atoms with Gasteiger partial charge in [0.15, 0.2) is 17.5 Å². The number of nitrogens with two attached hydrogens (primary N) is 1. The van der Waals surface area contributed by atoms with Gasteiger partial charge in [0.1, 0.15) is 18.2 Å². The summed E-state index contributed by atoms with van der Waals surface area (Å²) in [4.78, 5) is 52.4. The van der Waals surface area contributed by atoms with E-state index in [9.17, 15) is 29.4 Å². The fraction of sp³-hybridized carbons (Fsp3) is 0.594. The van der Waals surface area contributed by atoms with Crippen LogP contribution < -0.4 is 26.4 Å². The molecule has 3 amide bonds. The second kappa shape index (κ2) is 16.0. The second-order valence-corrected chi connectivity index (χ2v) is 12.5. The first-order valence-corrected chi connectivity index (χ1v) is 15.8. The third-order valence-electron chi connectivity index (χ3n) is 9.46. The Bertz CT molecular complexity index is 1420. The molecule has 0 aromatic heterocycles. The number of guanidine groups is 1. The maximum Gasteiger partial charge on any atom is 0.414 e. The monoisotopic (exact) mass is 675 g/mol. The van der Waals surface area contributed by atoms with Crippen molar-refractivity contribution >= 4 is 29.8 Å². The number of fused-ring (bicyclic) bond motifs is 1. The number of nitrogens with zero attached hydrogens (tertiary/aromatic N) is 2. The van der Waals surface area contributed by atoms with Crippen LogP contribution in [0.4, 0.5) is 4.79 Å². The zero-order valence-corrected chi connectivity index (χ0v) is 28.2. The van der Waals surface area contributed by atoms with Crippen LogP contribution in [0.1, 0.15) is 56.6 Å². The van der Waals surface area contributed by atoms with Crippen LogP contribution in [0, 0.1) is 12.3 Å². The second-order valence-electron chi connectivity index (χ2n) is 12.5. The van der Waals surface area contributed by atoms with Gasteiger partial charge in [0.2, 0.25) is 11.8 Å². The number of rotatable bonds is 14. The maximum absolute atomic E-state index is 13.2. The topological polar surface area (TPSA) is 240 Å². The van der Waals surface area contributed by atoms with Crippen LogP contribution in [0.15, 0.2) is 24.0 Å². The standard InChI is InChI=1S/C32H49N7O9/c1-19-8-9-23(47-5)27(43)26(19)31-12-15-38(3)20(2)32(31,46)11-10-21(18-31)48-30(45)39(4)16-14-35-28(44)22(7-6-13-36-29(33)34)37-24(40)17-25(41)42/h8-10,20,22,43,46H,6-7,11-18H2,1-5H3,(H,35,44)(H,37,40)(H,41,42)(H4,33,34,36)/t20-,22-,31-,32-/m0/s1. The highest BCUT2D eigenvalue weighted by Gasteiger charge is 2.61. The van der Waals surface area contributed by atoms with Crippen LogP contribution in [-0.2, 0) is 24.5 Å². The quantitative estimate of drug-likeness (QED) is 0.0582. The van der Waals surface area contributed by atoms with E-state index in [1.165, 1.54) is 19.1 Å². The van der Waals surface area contributed by atoms with E-state index in [0.29, 0.717) is 30.7 Å². The lowest BCUT2D eigenvalue weighted by molar-refractivity contribution is -0.141. The molecule has 9 N–H and O–H groups in total. The molecule has 0 saturated carbocycles. The highest BCUT2D eigenvalue weighted by Crippen LogP contribution is 2.57. The molecule has 1 fully saturated rings. The molecule has 1 heterocycles. The zero-order valence-electron chi connectivity index (χ0n) is 28.2. The lowest BCUT2D eigenvalue weighted by atomic mass is 9.54. The molecule has 1 aromatic rings. The van der Waals surface area contributed by atoms with Crippen molar-refractivity contribution in [2.45, 2.75) is 75.5 Å². The van der Waals surface area contributed by atoms with Gasteiger partial charge in [-0.1, -0.05) is 6.07 Å². The SMILES string of the molecule is COc1ccc(C)c([C@@]23CCN(C)[C@@H](C)[C@@]2(O)CC=C(OC(=O)N(C)CCNC(=O)[C@H](CCCNC(=N)N)NC(=O)CC(=O)O)C3)c1O. The Labute approximate surface area is 280 Å². The number of nitrogens with one attached hydrogen (secondary N) is 4. The summed E-state index contributed by atoms with van der Waals surface area (Å²) in [6, 6.07) is 2.19. The predicted octanol–water partition coefficient (Wildman–Crippen LogP) is 0.487. The van der Waals surface area contributed by atoms with Gasteiger partial charge in [0.25, 0.3) is 0 Å². The number of phenolic OH excluding ortho intramolecular Hbond substituents is 1. The summed E-state index contributed by atoms with van der Waals surface area (Å²) in [5.74, 6) is -2.41.